The number of hydrogen-bond acceptors (Lipinski definition) is 8. The number of carboxylic acids is 1. The van der Waals surface area contributed by atoms with E-state index < -0.39 is 11.2 Å². The monoisotopic (exact) mass is 426 g/mol. The second-order valence-corrected chi connectivity index (χ2v) is 7.63. The number of rotatable bonds is 4. The zero-order valence-electron chi connectivity index (χ0n) is 15.8. The van der Waals surface area contributed by atoms with E-state index in [1.165, 1.54) is 24.3 Å². The third kappa shape index (κ3) is 3.81. The summed E-state index contributed by atoms with van der Waals surface area (Å²) in [6, 6.07) is 10.7. The van der Waals surface area contributed by atoms with Crippen molar-refractivity contribution in [1.82, 2.24) is 0 Å². The molecule has 2 aromatic rings. The van der Waals surface area contributed by atoms with Crippen LogP contribution in [-0.4, -0.2) is 42.0 Å². The van der Waals surface area contributed by atoms with Gasteiger partial charge in [0.05, 0.1) is 11.7 Å². The minimum atomic E-state index is -1.33. The standard InChI is InChI=1S/C20H17N3O6S/c1-21-20(22-12-4-7-14-15(8-12)29-10-28-14)30-16-9-17(24)23(18(16)25)13-5-2-11(3-6-13)19(26)27/h2-8,16H,9-10H2,1H3,(H,21,22)(H,26,27)/p-1/t16-/m0/s1. The minimum Gasteiger partial charge on any atom is -0.545 e. The van der Waals surface area contributed by atoms with E-state index in [-0.39, 0.29) is 30.6 Å². The van der Waals surface area contributed by atoms with Crippen molar-refractivity contribution in [2.45, 2.75) is 11.7 Å². The lowest BCUT2D eigenvalue weighted by Crippen LogP contribution is -2.32. The fourth-order valence-corrected chi connectivity index (χ4v) is 4.07. The Bertz CT molecular complexity index is 1050. The van der Waals surface area contributed by atoms with Crippen LogP contribution in [0, 0.1) is 0 Å². The van der Waals surface area contributed by atoms with E-state index in [1.807, 2.05) is 0 Å². The molecule has 4 rings (SSSR count). The maximum atomic E-state index is 12.8. The zero-order valence-corrected chi connectivity index (χ0v) is 16.6. The minimum absolute atomic E-state index is 0.00752. The van der Waals surface area contributed by atoms with Crippen molar-refractivity contribution in [2.24, 2.45) is 4.99 Å². The number of hydrogen-bond donors (Lipinski definition) is 1. The zero-order chi connectivity index (χ0) is 21.3. The van der Waals surface area contributed by atoms with E-state index in [2.05, 4.69) is 10.3 Å². The Balaban J connectivity index is 1.45. The van der Waals surface area contributed by atoms with Crippen molar-refractivity contribution < 1.29 is 29.0 Å². The predicted octanol–water partition coefficient (Wildman–Crippen LogP) is 1.24. The normalized spacial score (nSPS) is 18.1. The van der Waals surface area contributed by atoms with Gasteiger partial charge in [-0.3, -0.25) is 14.6 Å². The van der Waals surface area contributed by atoms with Gasteiger partial charge in [-0.2, -0.15) is 0 Å². The SMILES string of the molecule is CN=C(Nc1ccc2c(c1)OCO2)S[C@H]1CC(=O)N(c2ccc(C(=O)[O-])cc2)C1=O. The quantitative estimate of drug-likeness (QED) is 0.441. The molecular weight excluding hydrogens is 410 g/mol. The summed E-state index contributed by atoms with van der Waals surface area (Å²) >= 11 is 1.15. The van der Waals surface area contributed by atoms with Gasteiger partial charge in [0.15, 0.2) is 16.7 Å². The van der Waals surface area contributed by atoms with Crippen LogP contribution >= 0.6 is 11.8 Å². The van der Waals surface area contributed by atoms with E-state index >= 15 is 0 Å². The molecule has 1 saturated heterocycles. The lowest BCUT2D eigenvalue weighted by molar-refractivity contribution is -0.255. The lowest BCUT2D eigenvalue weighted by Gasteiger charge is -2.16. The van der Waals surface area contributed by atoms with Crippen LogP contribution in [0.5, 0.6) is 11.5 Å². The molecule has 2 amide bonds. The molecule has 10 heteroatoms. The summed E-state index contributed by atoms with van der Waals surface area (Å²) in [6.45, 7) is 0.167. The van der Waals surface area contributed by atoms with Crippen LogP contribution in [-0.2, 0) is 9.59 Å². The summed E-state index contributed by atoms with van der Waals surface area (Å²) in [5.41, 5.74) is 0.993. The number of imide groups is 1. The predicted molar refractivity (Wildman–Crippen MR) is 109 cm³/mol. The largest absolute Gasteiger partial charge is 0.545 e. The molecule has 0 saturated carbocycles. The summed E-state index contributed by atoms with van der Waals surface area (Å²) in [5.74, 6) is -0.816. The third-order valence-corrected chi connectivity index (χ3v) is 5.71. The fourth-order valence-electron chi connectivity index (χ4n) is 3.08. The van der Waals surface area contributed by atoms with Gasteiger partial charge >= 0.3 is 0 Å². The lowest BCUT2D eigenvalue weighted by atomic mass is 10.2. The van der Waals surface area contributed by atoms with Gasteiger partial charge in [0, 0.05) is 25.2 Å². The Labute approximate surface area is 175 Å². The highest BCUT2D eigenvalue weighted by Gasteiger charge is 2.40. The molecule has 9 nitrogen and oxygen atoms in total. The molecule has 154 valence electrons. The number of amides is 2. The molecule has 0 aliphatic carbocycles. The van der Waals surface area contributed by atoms with E-state index in [9.17, 15) is 19.5 Å². The first kappa shape index (κ1) is 19.8. The average Bonchev–Trinajstić information content (AvgIpc) is 3.31. The number of aliphatic imine (C=N–C) groups is 1. The van der Waals surface area contributed by atoms with E-state index in [0.717, 1.165) is 16.7 Å². The van der Waals surface area contributed by atoms with Crippen LogP contribution < -0.4 is 24.8 Å². The number of thioether (sulfide) groups is 1. The Morgan fingerprint density at radius 2 is 1.90 bits per heavy atom. The molecule has 0 spiro atoms. The van der Waals surface area contributed by atoms with Crippen LogP contribution in [0.2, 0.25) is 0 Å². The Morgan fingerprint density at radius 3 is 2.60 bits per heavy atom. The van der Waals surface area contributed by atoms with Crippen molar-refractivity contribution >= 4 is 46.1 Å². The Hall–Kier alpha value is -3.53. The maximum Gasteiger partial charge on any atom is 0.247 e. The fraction of sp³-hybridized carbons (Fsp3) is 0.200. The Morgan fingerprint density at radius 1 is 1.17 bits per heavy atom. The molecule has 2 aliphatic heterocycles. The Kier molecular flexibility index (Phi) is 5.32. The van der Waals surface area contributed by atoms with E-state index in [0.29, 0.717) is 28.0 Å². The van der Waals surface area contributed by atoms with Crippen molar-refractivity contribution in [2.75, 3.05) is 24.1 Å². The van der Waals surface area contributed by atoms with Crippen molar-refractivity contribution in [1.29, 1.82) is 0 Å². The molecule has 30 heavy (non-hydrogen) atoms. The third-order valence-electron chi connectivity index (χ3n) is 4.55. The number of benzene rings is 2. The van der Waals surface area contributed by atoms with Gasteiger partial charge < -0.3 is 24.7 Å². The molecule has 2 heterocycles. The number of amidine groups is 1. The molecule has 2 aromatic carbocycles. The molecule has 0 radical (unpaired) electrons. The van der Waals surface area contributed by atoms with Gasteiger partial charge in [0.2, 0.25) is 18.6 Å². The number of carboxylic acid groups (broad SMARTS) is 1. The summed E-state index contributed by atoms with van der Waals surface area (Å²) in [7, 11) is 1.58. The average molecular weight is 426 g/mol. The van der Waals surface area contributed by atoms with Crippen molar-refractivity contribution in [3.05, 3.63) is 48.0 Å². The van der Waals surface area contributed by atoms with Crippen LogP contribution in [0.4, 0.5) is 11.4 Å². The van der Waals surface area contributed by atoms with E-state index in [1.54, 1.807) is 25.2 Å². The molecule has 0 bridgehead atoms. The summed E-state index contributed by atoms with van der Waals surface area (Å²) in [4.78, 5) is 41.4. The van der Waals surface area contributed by atoms with Gasteiger partial charge in [-0.05, 0) is 29.8 Å². The smallest absolute Gasteiger partial charge is 0.247 e. The van der Waals surface area contributed by atoms with Crippen molar-refractivity contribution in [3.8, 4) is 11.5 Å². The van der Waals surface area contributed by atoms with Crippen molar-refractivity contribution in [3.63, 3.8) is 0 Å². The molecule has 1 N–H and O–H groups in total. The number of carbonyl (C=O) groups excluding carboxylic acids is 3. The van der Waals surface area contributed by atoms with Crippen LogP contribution in [0.1, 0.15) is 16.8 Å². The molecule has 0 unspecified atom stereocenters. The summed E-state index contributed by atoms with van der Waals surface area (Å²) in [5, 5.41) is 13.8. The van der Waals surface area contributed by atoms with Crippen LogP contribution in [0.15, 0.2) is 47.5 Å². The first-order valence-electron chi connectivity index (χ1n) is 8.94. The highest BCUT2D eigenvalue weighted by Crippen LogP contribution is 2.35. The number of nitrogens with one attached hydrogen (secondary N) is 1. The number of ether oxygens (including phenoxy) is 2. The molecule has 0 aromatic heterocycles. The number of nitrogens with zero attached hydrogens (tertiary/aromatic N) is 2. The second kappa shape index (κ2) is 8.07. The maximum absolute atomic E-state index is 12.8. The number of fused-ring (bicyclic) bond motifs is 1. The van der Waals surface area contributed by atoms with Gasteiger partial charge in [-0.25, -0.2) is 4.90 Å². The molecular formula is C20H16N3O6S-. The van der Waals surface area contributed by atoms with Gasteiger partial charge in [0.1, 0.15) is 5.25 Å². The first-order valence-corrected chi connectivity index (χ1v) is 9.82. The number of anilines is 2. The highest BCUT2D eigenvalue weighted by atomic mass is 32.2. The summed E-state index contributed by atoms with van der Waals surface area (Å²) < 4.78 is 10.6. The van der Waals surface area contributed by atoms with Gasteiger partial charge in [-0.1, -0.05) is 23.9 Å². The van der Waals surface area contributed by atoms with Crippen LogP contribution in [0.3, 0.4) is 0 Å². The van der Waals surface area contributed by atoms with E-state index in [4.69, 9.17) is 9.47 Å². The first-order chi connectivity index (χ1) is 14.5. The number of aromatic carboxylic acids is 1. The second-order valence-electron chi connectivity index (χ2n) is 6.43. The topological polar surface area (TPSA) is 120 Å². The summed E-state index contributed by atoms with van der Waals surface area (Å²) in [6.07, 6.45) is 0.00752. The molecule has 2 aliphatic rings. The molecule has 1 fully saturated rings. The van der Waals surface area contributed by atoms with Gasteiger partial charge in [0.25, 0.3) is 0 Å². The van der Waals surface area contributed by atoms with Crippen LogP contribution in [0.25, 0.3) is 0 Å². The molecule has 1 atom stereocenters. The van der Waals surface area contributed by atoms with Gasteiger partial charge in [-0.15, -0.1) is 0 Å². The number of carbonyl (C=O) groups is 3. The highest BCUT2D eigenvalue weighted by molar-refractivity contribution is 8.15.